The van der Waals surface area contributed by atoms with Gasteiger partial charge in [-0.15, -0.1) is 0 Å². The van der Waals surface area contributed by atoms with E-state index in [2.05, 4.69) is 10.1 Å². The van der Waals surface area contributed by atoms with E-state index < -0.39 is 0 Å². The summed E-state index contributed by atoms with van der Waals surface area (Å²) in [4.78, 5) is 4.02. The van der Waals surface area contributed by atoms with E-state index >= 15 is 0 Å². The van der Waals surface area contributed by atoms with Crippen LogP contribution >= 0.6 is 23.2 Å². The van der Waals surface area contributed by atoms with Crippen molar-refractivity contribution in [2.45, 2.75) is 19.1 Å². The van der Waals surface area contributed by atoms with Crippen LogP contribution in [0.15, 0.2) is 85.5 Å². The van der Waals surface area contributed by atoms with Crippen LogP contribution in [0.4, 0.5) is 0 Å². The van der Waals surface area contributed by atoms with E-state index in [0.717, 1.165) is 22.6 Å². The van der Waals surface area contributed by atoms with E-state index in [-0.39, 0.29) is 5.92 Å². The van der Waals surface area contributed by atoms with Crippen LogP contribution in [0.3, 0.4) is 0 Å². The van der Waals surface area contributed by atoms with Gasteiger partial charge in [-0.25, -0.2) is 4.98 Å². The molecule has 1 atom stereocenters. The maximum atomic E-state index is 6.46. The molecule has 0 fully saturated rings. The minimum atomic E-state index is -0.00443. The fourth-order valence-electron chi connectivity index (χ4n) is 3.27. The highest BCUT2D eigenvalue weighted by molar-refractivity contribution is 6.35. The number of benzene rings is 3. The zero-order valence-corrected chi connectivity index (χ0v) is 18.2. The molecule has 4 rings (SSSR count). The second-order valence-corrected chi connectivity index (χ2v) is 7.90. The summed E-state index contributed by atoms with van der Waals surface area (Å²) >= 11 is 12.5. The Labute approximate surface area is 191 Å². The van der Waals surface area contributed by atoms with Crippen LogP contribution in [0.2, 0.25) is 10.0 Å². The Hall–Kier alpha value is -2.86. The summed E-state index contributed by atoms with van der Waals surface area (Å²) < 4.78 is 13.7. The van der Waals surface area contributed by atoms with Crippen molar-refractivity contribution in [2.24, 2.45) is 0 Å². The molecule has 7 heteroatoms. The smallest absolute Gasteiger partial charge is 0.137 e. The Morgan fingerprint density at radius 3 is 2.52 bits per heavy atom. The van der Waals surface area contributed by atoms with Gasteiger partial charge in [0.15, 0.2) is 0 Å². The van der Waals surface area contributed by atoms with Gasteiger partial charge in [0.1, 0.15) is 24.2 Å². The molecule has 4 aromatic rings. The molecule has 0 saturated heterocycles. The SMILES string of the molecule is Clc1ccc(C(COCc2cccc(Oc3ccccc3)c2)Cn2cncn2)c(Cl)c1. The number of halogens is 2. The molecule has 1 heterocycles. The molecule has 0 saturated carbocycles. The first-order valence-electron chi connectivity index (χ1n) is 9.84. The van der Waals surface area contributed by atoms with E-state index in [9.17, 15) is 0 Å². The summed E-state index contributed by atoms with van der Waals surface area (Å²) in [6.07, 6.45) is 3.20. The highest BCUT2D eigenvalue weighted by Gasteiger charge is 2.17. The van der Waals surface area contributed by atoms with Gasteiger partial charge in [0.05, 0.1) is 19.8 Å². The van der Waals surface area contributed by atoms with Crippen molar-refractivity contribution in [1.29, 1.82) is 0 Å². The van der Waals surface area contributed by atoms with E-state index in [4.69, 9.17) is 32.7 Å². The van der Waals surface area contributed by atoms with Crippen molar-refractivity contribution >= 4 is 23.2 Å². The van der Waals surface area contributed by atoms with Gasteiger partial charge >= 0.3 is 0 Å². The number of para-hydroxylation sites is 1. The summed E-state index contributed by atoms with van der Waals surface area (Å²) in [6.45, 7) is 1.51. The first-order chi connectivity index (χ1) is 15.2. The number of ether oxygens (including phenoxy) is 2. The van der Waals surface area contributed by atoms with Crippen molar-refractivity contribution in [3.63, 3.8) is 0 Å². The number of hydrogen-bond donors (Lipinski definition) is 0. The summed E-state index contributed by atoms with van der Waals surface area (Å²) in [6, 6.07) is 23.1. The largest absolute Gasteiger partial charge is 0.457 e. The quantitative estimate of drug-likeness (QED) is 0.295. The topological polar surface area (TPSA) is 49.2 Å². The lowest BCUT2D eigenvalue weighted by Gasteiger charge is -2.19. The Morgan fingerprint density at radius 2 is 1.74 bits per heavy atom. The summed E-state index contributed by atoms with van der Waals surface area (Å²) in [5.74, 6) is 1.56. The lowest BCUT2D eigenvalue weighted by Crippen LogP contribution is -2.16. The van der Waals surface area contributed by atoms with Gasteiger partial charge in [-0.2, -0.15) is 5.10 Å². The van der Waals surface area contributed by atoms with Crippen molar-refractivity contribution in [3.8, 4) is 11.5 Å². The molecule has 0 aliphatic rings. The minimum absolute atomic E-state index is 0.00443. The van der Waals surface area contributed by atoms with E-state index in [1.165, 1.54) is 6.33 Å². The third kappa shape index (κ3) is 6.07. The fraction of sp³-hybridized carbons (Fsp3) is 0.167. The standard InChI is InChI=1S/C24H21Cl2N3O2/c25-20-9-10-23(24(26)12-20)19(13-29-17-27-16-28-29)15-30-14-18-5-4-8-22(11-18)31-21-6-2-1-3-7-21/h1-12,16-17,19H,13-15H2. The minimum Gasteiger partial charge on any atom is -0.457 e. The molecular weight excluding hydrogens is 433 g/mol. The summed E-state index contributed by atoms with van der Waals surface area (Å²) in [5.41, 5.74) is 1.98. The average Bonchev–Trinajstić information content (AvgIpc) is 3.27. The first kappa shape index (κ1) is 21.4. The molecule has 5 nitrogen and oxygen atoms in total. The Balaban J connectivity index is 1.42. The van der Waals surface area contributed by atoms with Gasteiger partial charge in [0.2, 0.25) is 0 Å². The third-order valence-corrected chi connectivity index (χ3v) is 5.30. The van der Waals surface area contributed by atoms with Crippen LogP contribution in [-0.4, -0.2) is 21.4 Å². The van der Waals surface area contributed by atoms with Crippen LogP contribution in [0.1, 0.15) is 17.0 Å². The molecule has 1 unspecified atom stereocenters. The van der Waals surface area contributed by atoms with Crippen molar-refractivity contribution in [3.05, 3.63) is 107 Å². The molecule has 3 aromatic carbocycles. The number of hydrogen-bond acceptors (Lipinski definition) is 4. The second kappa shape index (κ2) is 10.4. The molecule has 0 amide bonds. The number of rotatable bonds is 9. The Morgan fingerprint density at radius 1 is 0.903 bits per heavy atom. The first-order valence-corrected chi connectivity index (χ1v) is 10.6. The second-order valence-electron chi connectivity index (χ2n) is 7.06. The lowest BCUT2D eigenvalue weighted by molar-refractivity contribution is 0.101. The molecule has 1 aromatic heterocycles. The van der Waals surface area contributed by atoms with Gasteiger partial charge in [-0.1, -0.05) is 59.6 Å². The Bertz CT molecular complexity index is 1110. The highest BCUT2D eigenvalue weighted by Crippen LogP contribution is 2.29. The van der Waals surface area contributed by atoms with Gasteiger partial charge in [-0.3, -0.25) is 4.68 Å². The molecule has 0 bridgehead atoms. The van der Waals surface area contributed by atoms with Crippen LogP contribution in [0.5, 0.6) is 11.5 Å². The van der Waals surface area contributed by atoms with Crippen LogP contribution in [0.25, 0.3) is 0 Å². The monoisotopic (exact) mass is 453 g/mol. The predicted molar refractivity (Wildman–Crippen MR) is 122 cm³/mol. The molecule has 31 heavy (non-hydrogen) atoms. The normalized spacial score (nSPS) is 11.9. The zero-order valence-electron chi connectivity index (χ0n) is 16.7. The van der Waals surface area contributed by atoms with E-state index in [1.54, 1.807) is 17.1 Å². The molecule has 0 aliphatic heterocycles. The van der Waals surface area contributed by atoms with Gasteiger partial charge in [0, 0.05) is 16.0 Å². The predicted octanol–water partition coefficient (Wildman–Crippen LogP) is 6.38. The maximum absolute atomic E-state index is 6.46. The highest BCUT2D eigenvalue weighted by atomic mass is 35.5. The molecule has 0 aliphatic carbocycles. The average molecular weight is 454 g/mol. The molecular formula is C24H21Cl2N3O2. The molecule has 0 spiro atoms. The number of aromatic nitrogens is 3. The van der Waals surface area contributed by atoms with Crippen LogP contribution in [-0.2, 0) is 17.9 Å². The van der Waals surface area contributed by atoms with Crippen molar-refractivity contribution in [1.82, 2.24) is 14.8 Å². The van der Waals surface area contributed by atoms with Crippen LogP contribution in [0, 0.1) is 0 Å². The summed E-state index contributed by atoms with van der Waals surface area (Å²) in [5, 5.41) is 5.42. The Kier molecular flexibility index (Phi) is 7.20. The van der Waals surface area contributed by atoms with E-state index in [1.807, 2.05) is 66.7 Å². The van der Waals surface area contributed by atoms with Crippen molar-refractivity contribution in [2.75, 3.05) is 6.61 Å². The third-order valence-electron chi connectivity index (χ3n) is 4.74. The lowest BCUT2D eigenvalue weighted by atomic mass is 10.00. The van der Waals surface area contributed by atoms with E-state index in [0.29, 0.717) is 29.8 Å². The molecule has 0 radical (unpaired) electrons. The van der Waals surface area contributed by atoms with Gasteiger partial charge in [0.25, 0.3) is 0 Å². The molecule has 0 N–H and O–H groups in total. The van der Waals surface area contributed by atoms with Gasteiger partial charge < -0.3 is 9.47 Å². The number of nitrogens with zero attached hydrogens (tertiary/aromatic N) is 3. The fourth-order valence-corrected chi connectivity index (χ4v) is 3.83. The van der Waals surface area contributed by atoms with Crippen molar-refractivity contribution < 1.29 is 9.47 Å². The zero-order chi connectivity index (χ0) is 21.5. The van der Waals surface area contributed by atoms with Crippen LogP contribution < -0.4 is 4.74 Å². The summed E-state index contributed by atoms with van der Waals surface area (Å²) in [7, 11) is 0. The maximum Gasteiger partial charge on any atom is 0.137 e. The molecule has 158 valence electrons. The van der Waals surface area contributed by atoms with Gasteiger partial charge in [-0.05, 0) is 47.5 Å².